The van der Waals surface area contributed by atoms with E-state index in [0.29, 0.717) is 12.5 Å². The van der Waals surface area contributed by atoms with Gasteiger partial charge in [-0.3, -0.25) is 4.90 Å². The first-order valence-electron chi connectivity index (χ1n) is 13.3. The molecule has 0 saturated carbocycles. The van der Waals surface area contributed by atoms with Crippen LogP contribution in [-0.2, 0) is 20.1 Å². The molecule has 2 aliphatic heterocycles. The van der Waals surface area contributed by atoms with Crippen LogP contribution in [0.3, 0.4) is 0 Å². The highest BCUT2D eigenvalue weighted by atomic mass is 32.1. The molecule has 37 heavy (non-hydrogen) atoms. The maximum absolute atomic E-state index is 6.55. The number of aromatic nitrogens is 2. The Bertz CT molecular complexity index is 1390. The number of para-hydroxylation sites is 2. The second-order valence-electron chi connectivity index (χ2n) is 10.6. The molecular formula is C30H36N4O2S. The molecule has 1 fully saturated rings. The maximum atomic E-state index is 6.55. The van der Waals surface area contributed by atoms with Gasteiger partial charge in [0.1, 0.15) is 12.4 Å². The van der Waals surface area contributed by atoms with E-state index >= 15 is 0 Å². The molecule has 6 rings (SSSR count). The molecule has 4 heterocycles. The van der Waals surface area contributed by atoms with E-state index in [1.807, 2.05) is 11.3 Å². The van der Waals surface area contributed by atoms with E-state index < -0.39 is 0 Å². The number of fused-ring (bicyclic) bond motifs is 2. The third kappa shape index (κ3) is 5.26. The number of piperidine rings is 1. The van der Waals surface area contributed by atoms with Crippen LogP contribution in [0, 0.1) is 12.8 Å². The van der Waals surface area contributed by atoms with Gasteiger partial charge in [-0.2, -0.15) is 0 Å². The molecule has 1 atom stereocenters. The molecule has 0 N–H and O–H groups in total. The van der Waals surface area contributed by atoms with Crippen LogP contribution in [0.4, 0.5) is 0 Å². The van der Waals surface area contributed by atoms with E-state index in [1.54, 1.807) is 0 Å². The number of hydrogen-bond acceptors (Lipinski definition) is 6. The van der Waals surface area contributed by atoms with Crippen molar-refractivity contribution in [3.05, 3.63) is 64.8 Å². The Balaban J connectivity index is 1.29. The molecule has 0 aliphatic carbocycles. The van der Waals surface area contributed by atoms with Crippen molar-refractivity contribution in [2.45, 2.75) is 32.9 Å². The molecule has 194 valence electrons. The lowest BCUT2D eigenvalue weighted by Gasteiger charge is -2.29. The van der Waals surface area contributed by atoms with Gasteiger partial charge >= 0.3 is 0 Å². The summed E-state index contributed by atoms with van der Waals surface area (Å²) < 4.78 is 15.2. The van der Waals surface area contributed by atoms with Crippen molar-refractivity contribution in [3.8, 4) is 21.9 Å². The zero-order valence-electron chi connectivity index (χ0n) is 22.1. The minimum absolute atomic E-state index is 0.557. The summed E-state index contributed by atoms with van der Waals surface area (Å²) in [5.41, 5.74) is 4.62. The van der Waals surface area contributed by atoms with Crippen LogP contribution in [0.25, 0.3) is 21.5 Å². The molecule has 7 heteroatoms. The summed E-state index contributed by atoms with van der Waals surface area (Å²) in [5, 5.41) is 0. The van der Waals surface area contributed by atoms with Crippen molar-refractivity contribution in [2.24, 2.45) is 13.0 Å². The Morgan fingerprint density at radius 2 is 2.00 bits per heavy atom. The van der Waals surface area contributed by atoms with Crippen LogP contribution >= 0.6 is 11.3 Å². The lowest BCUT2D eigenvalue weighted by atomic mass is 9.99. The van der Waals surface area contributed by atoms with Gasteiger partial charge in [-0.05, 0) is 75.3 Å². The van der Waals surface area contributed by atoms with Crippen molar-refractivity contribution in [2.75, 3.05) is 39.9 Å². The summed E-state index contributed by atoms with van der Waals surface area (Å²) in [6.45, 7) is 8.24. The van der Waals surface area contributed by atoms with E-state index in [0.717, 1.165) is 55.6 Å². The van der Waals surface area contributed by atoms with Crippen LogP contribution in [-0.4, -0.2) is 59.2 Å². The van der Waals surface area contributed by atoms with E-state index in [9.17, 15) is 0 Å². The molecule has 1 saturated heterocycles. The fourth-order valence-corrected chi connectivity index (χ4v) is 6.52. The monoisotopic (exact) mass is 516 g/mol. The number of nitrogens with zero attached hydrogens (tertiary/aromatic N) is 4. The molecule has 4 aromatic rings. The molecule has 6 nitrogen and oxygen atoms in total. The van der Waals surface area contributed by atoms with Gasteiger partial charge < -0.3 is 18.9 Å². The van der Waals surface area contributed by atoms with Gasteiger partial charge in [-0.15, -0.1) is 11.3 Å². The number of aryl methyl sites for hydroxylation is 2. The minimum Gasteiger partial charge on any atom is -0.489 e. The van der Waals surface area contributed by atoms with Gasteiger partial charge in [0.2, 0.25) is 0 Å². The zero-order valence-corrected chi connectivity index (χ0v) is 22.9. The number of likely N-dealkylation sites (tertiary alicyclic amines) is 1. The van der Waals surface area contributed by atoms with Crippen molar-refractivity contribution < 1.29 is 9.47 Å². The van der Waals surface area contributed by atoms with Crippen LogP contribution in [0.15, 0.2) is 48.5 Å². The first kappa shape index (κ1) is 24.5. The average molecular weight is 517 g/mol. The summed E-state index contributed by atoms with van der Waals surface area (Å²) in [6.07, 6.45) is 2.47. The van der Waals surface area contributed by atoms with Gasteiger partial charge in [-0.25, -0.2) is 4.98 Å². The summed E-state index contributed by atoms with van der Waals surface area (Å²) in [4.78, 5) is 12.4. The number of hydrogen-bond donors (Lipinski definition) is 0. The van der Waals surface area contributed by atoms with E-state index in [1.165, 1.54) is 45.8 Å². The molecular weight excluding hydrogens is 480 g/mol. The highest BCUT2D eigenvalue weighted by Gasteiger charge is 2.24. The summed E-state index contributed by atoms with van der Waals surface area (Å²) >= 11 is 1.83. The van der Waals surface area contributed by atoms with Gasteiger partial charge in [0.05, 0.1) is 24.2 Å². The Labute approximate surface area is 223 Å². The number of benzene rings is 2. The third-order valence-corrected chi connectivity index (χ3v) is 8.70. The topological polar surface area (TPSA) is 42.8 Å². The molecule has 2 aromatic carbocycles. The third-order valence-electron chi connectivity index (χ3n) is 7.65. The van der Waals surface area contributed by atoms with Gasteiger partial charge in [0.25, 0.3) is 0 Å². The molecule has 2 aromatic heterocycles. The SMILES string of the molecule is Cc1ccc(-c2cc3c(c(OC[C@@H]4CCCN(C)C4)c2)OCCN(Cc2nc4ccccc4n2C)C3)s1. The van der Waals surface area contributed by atoms with Crippen LogP contribution < -0.4 is 9.47 Å². The summed E-state index contributed by atoms with van der Waals surface area (Å²) in [5.74, 6) is 3.43. The second-order valence-corrected chi connectivity index (χ2v) is 11.9. The van der Waals surface area contributed by atoms with E-state index in [4.69, 9.17) is 14.5 Å². The van der Waals surface area contributed by atoms with Gasteiger partial charge in [0.15, 0.2) is 11.5 Å². The average Bonchev–Trinajstić information content (AvgIpc) is 3.39. The minimum atomic E-state index is 0.557. The number of imidazole rings is 1. The first-order valence-corrected chi connectivity index (χ1v) is 14.2. The molecule has 0 radical (unpaired) electrons. The molecule has 0 bridgehead atoms. The van der Waals surface area contributed by atoms with Crippen molar-refractivity contribution in [3.63, 3.8) is 0 Å². The van der Waals surface area contributed by atoms with E-state index in [-0.39, 0.29) is 0 Å². The second kappa shape index (κ2) is 10.5. The van der Waals surface area contributed by atoms with Crippen LogP contribution in [0.2, 0.25) is 0 Å². The van der Waals surface area contributed by atoms with Crippen LogP contribution in [0.5, 0.6) is 11.5 Å². The highest BCUT2D eigenvalue weighted by molar-refractivity contribution is 7.15. The standard InChI is InChI=1S/C30H36N4O2S/c1-21-10-11-28(37-21)23-15-24-18-34(19-29-31-25-8-4-5-9-26(25)33(29)3)13-14-35-30(24)27(16-23)36-20-22-7-6-12-32(2)17-22/h4-5,8-11,15-16,22H,6-7,12-14,17-20H2,1-3H3/t22-/m1/s1. The largest absolute Gasteiger partial charge is 0.489 e. The maximum Gasteiger partial charge on any atom is 0.165 e. The summed E-state index contributed by atoms with van der Waals surface area (Å²) in [7, 11) is 4.32. The van der Waals surface area contributed by atoms with Crippen LogP contribution in [0.1, 0.15) is 29.1 Å². The lowest BCUT2D eigenvalue weighted by molar-refractivity contribution is 0.146. The molecule has 0 amide bonds. The quantitative estimate of drug-likeness (QED) is 0.328. The predicted octanol–water partition coefficient (Wildman–Crippen LogP) is 5.73. The summed E-state index contributed by atoms with van der Waals surface area (Å²) in [6, 6.07) is 17.3. The van der Waals surface area contributed by atoms with E-state index in [2.05, 4.69) is 83.9 Å². The smallest absolute Gasteiger partial charge is 0.165 e. The van der Waals surface area contributed by atoms with Gasteiger partial charge in [0, 0.05) is 47.9 Å². The lowest BCUT2D eigenvalue weighted by Crippen LogP contribution is -2.34. The fraction of sp³-hybridized carbons (Fsp3) is 0.433. The predicted molar refractivity (Wildman–Crippen MR) is 151 cm³/mol. The number of rotatable bonds is 6. The molecule has 0 spiro atoms. The Kier molecular flexibility index (Phi) is 6.93. The highest BCUT2D eigenvalue weighted by Crippen LogP contribution is 2.41. The normalized spacial score (nSPS) is 18.9. The fourth-order valence-electron chi connectivity index (χ4n) is 5.67. The molecule has 2 aliphatic rings. The van der Waals surface area contributed by atoms with Crippen molar-refractivity contribution >= 4 is 22.4 Å². The number of ether oxygens (including phenoxy) is 2. The van der Waals surface area contributed by atoms with Gasteiger partial charge in [-0.1, -0.05) is 12.1 Å². The Morgan fingerprint density at radius 1 is 1.11 bits per heavy atom. The Morgan fingerprint density at radius 3 is 2.81 bits per heavy atom. The van der Waals surface area contributed by atoms with Crippen molar-refractivity contribution in [1.29, 1.82) is 0 Å². The number of thiophene rings is 1. The zero-order chi connectivity index (χ0) is 25.4. The first-order chi connectivity index (χ1) is 18.0. The molecule has 0 unspecified atom stereocenters. The Hall–Kier alpha value is -2.87. The van der Waals surface area contributed by atoms with Crippen molar-refractivity contribution in [1.82, 2.24) is 19.4 Å².